The van der Waals surface area contributed by atoms with Gasteiger partial charge in [0, 0.05) is 0 Å². The van der Waals surface area contributed by atoms with E-state index in [1.165, 1.54) is 10.4 Å². The van der Waals surface area contributed by atoms with E-state index in [0.29, 0.717) is 0 Å². The second-order valence-electron chi connectivity index (χ2n) is 7.65. The van der Waals surface area contributed by atoms with Crippen molar-refractivity contribution < 1.29 is 5.11 Å². The molecule has 2 rings (SSSR count). The lowest BCUT2D eigenvalue weighted by atomic mass is 10.1. The Morgan fingerprint density at radius 2 is 1.38 bits per heavy atom. The van der Waals surface area contributed by atoms with Crippen LogP contribution < -0.4 is 10.4 Å². The highest BCUT2D eigenvalue weighted by molar-refractivity contribution is 7.04. The van der Waals surface area contributed by atoms with Gasteiger partial charge in [-0.1, -0.05) is 111 Å². The number of aliphatic hydroxyl groups is 1. The molecule has 0 heterocycles. The van der Waals surface area contributed by atoms with Gasteiger partial charge in [-0.25, -0.2) is 0 Å². The van der Waals surface area contributed by atoms with Crippen molar-refractivity contribution in [3.63, 3.8) is 0 Å². The van der Waals surface area contributed by atoms with Gasteiger partial charge in [0.25, 0.3) is 0 Å². The van der Waals surface area contributed by atoms with E-state index in [1.54, 1.807) is 0 Å². The van der Waals surface area contributed by atoms with Gasteiger partial charge in [-0.2, -0.15) is 0 Å². The molecule has 2 aromatic carbocycles. The Bertz CT molecular complexity index is 616. The van der Waals surface area contributed by atoms with Crippen LogP contribution in [-0.2, 0) is 0 Å². The van der Waals surface area contributed by atoms with Gasteiger partial charge in [0.05, 0.1) is 6.10 Å². The summed E-state index contributed by atoms with van der Waals surface area (Å²) < 4.78 is 0. The van der Waals surface area contributed by atoms with Crippen LogP contribution in [0.1, 0.15) is 34.1 Å². The highest BCUT2D eigenvalue weighted by atomic mass is 28.3. The third-order valence-electron chi connectivity index (χ3n) is 5.16. The molecule has 0 aliphatic heterocycles. The summed E-state index contributed by atoms with van der Waals surface area (Å²) in [5, 5.41) is 13.3. The molecule has 0 fully saturated rings. The molecule has 2 aromatic rings. The van der Waals surface area contributed by atoms with Gasteiger partial charge >= 0.3 is 0 Å². The number of benzene rings is 2. The number of hydrogen-bond acceptors (Lipinski definition) is 1. The molecule has 0 spiro atoms. The molecule has 1 unspecified atom stereocenters. The first-order chi connectivity index (χ1) is 11.3. The average molecular weight is 339 g/mol. The van der Waals surface area contributed by atoms with Gasteiger partial charge < -0.3 is 5.11 Å². The van der Waals surface area contributed by atoms with E-state index in [2.05, 4.69) is 88.0 Å². The molecule has 0 saturated heterocycles. The van der Waals surface area contributed by atoms with Gasteiger partial charge in [0.2, 0.25) is 0 Å². The standard InChI is InChI=1S/C22H30OSi/c1-6-21(23)18(2)17-24(22(3,4)5,19-13-9-7-10-14-19)20-15-11-8-12-16-20/h7-16,21,23H,2,6,17H2,1,3-5H3. The predicted molar refractivity (Wildman–Crippen MR) is 108 cm³/mol. The first-order valence-electron chi connectivity index (χ1n) is 8.79. The molecule has 0 amide bonds. The third kappa shape index (κ3) is 3.55. The molecule has 1 atom stereocenters. The largest absolute Gasteiger partial charge is 0.389 e. The molecular weight excluding hydrogens is 308 g/mol. The van der Waals surface area contributed by atoms with Gasteiger partial charge in [-0.15, -0.1) is 0 Å². The van der Waals surface area contributed by atoms with Crippen LogP contribution >= 0.6 is 0 Å². The van der Waals surface area contributed by atoms with E-state index in [9.17, 15) is 5.11 Å². The Balaban J connectivity index is 2.68. The summed E-state index contributed by atoms with van der Waals surface area (Å²) in [6.07, 6.45) is 0.295. The van der Waals surface area contributed by atoms with Crippen LogP contribution in [0.2, 0.25) is 11.1 Å². The summed E-state index contributed by atoms with van der Waals surface area (Å²) in [6, 6.07) is 22.6. The summed E-state index contributed by atoms with van der Waals surface area (Å²) in [5.41, 5.74) is 0.965. The van der Waals surface area contributed by atoms with Gasteiger partial charge in [0.15, 0.2) is 0 Å². The molecule has 0 aliphatic rings. The Hall–Kier alpha value is -1.64. The van der Waals surface area contributed by atoms with Crippen molar-refractivity contribution in [1.82, 2.24) is 0 Å². The Kier molecular flexibility index (Phi) is 5.84. The summed E-state index contributed by atoms with van der Waals surface area (Å²) in [6.45, 7) is 13.3. The van der Waals surface area contributed by atoms with E-state index in [1.807, 2.05) is 6.92 Å². The Morgan fingerprint density at radius 1 is 0.958 bits per heavy atom. The number of hydrogen-bond donors (Lipinski definition) is 1. The fraction of sp³-hybridized carbons (Fsp3) is 0.364. The molecule has 0 aromatic heterocycles. The first kappa shape index (κ1) is 18.7. The summed E-state index contributed by atoms with van der Waals surface area (Å²) in [5.74, 6) is 0. The molecule has 2 heteroatoms. The fourth-order valence-corrected chi connectivity index (χ4v) is 9.14. The predicted octanol–water partition coefficient (Wildman–Crippen LogP) is 4.38. The van der Waals surface area contributed by atoms with E-state index in [4.69, 9.17) is 0 Å². The zero-order valence-corrected chi connectivity index (χ0v) is 16.4. The smallest absolute Gasteiger partial charge is 0.127 e. The van der Waals surface area contributed by atoms with Crippen LogP contribution in [-0.4, -0.2) is 19.3 Å². The second kappa shape index (κ2) is 7.50. The van der Waals surface area contributed by atoms with Crippen molar-refractivity contribution in [2.75, 3.05) is 0 Å². The molecule has 1 N–H and O–H groups in total. The third-order valence-corrected chi connectivity index (χ3v) is 11.3. The van der Waals surface area contributed by atoms with Crippen molar-refractivity contribution in [3.8, 4) is 0 Å². The number of aliphatic hydroxyl groups excluding tert-OH is 1. The molecule has 128 valence electrons. The van der Waals surface area contributed by atoms with Crippen molar-refractivity contribution in [2.24, 2.45) is 0 Å². The van der Waals surface area contributed by atoms with Gasteiger partial charge in [-0.05, 0) is 17.5 Å². The van der Waals surface area contributed by atoms with E-state index in [-0.39, 0.29) is 5.04 Å². The fourth-order valence-electron chi connectivity index (χ4n) is 3.69. The SMILES string of the molecule is C=C(C[Si](c1ccccc1)(c1ccccc1)C(C)(C)C)C(O)CC. The molecule has 0 bridgehead atoms. The highest BCUT2D eigenvalue weighted by Crippen LogP contribution is 2.40. The first-order valence-corrected chi connectivity index (χ1v) is 11.0. The Morgan fingerprint density at radius 3 is 1.71 bits per heavy atom. The van der Waals surface area contributed by atoms with Crippen LogP contribution in [0.25, 0.3) is 0 Å². The minimum Gasteiger partial charge on any atom is -0.389 e. The molecular formula is C22H30OSi. The minimum atomic E-state index is -2.15. The quantitative estimate of drug-likeness (QED) is 0.612. The maximum atomic E-state index is 10.4. The molecule has 0 saturated carbocycles. The lowest BCUT2D eigenvalue weighted by Crippen LogP contribution is -2.64. The van der Waals surface area contributed by atoms with Crippen LogP contribution in [0.15, 0.2) is 72.8 Å². The zero-order valence-electron chi connectivity index (χ0n) is 15.4. The maximum absolute atomic E-state index is 10.4. The minimum absolute atomic E-state index is 0.103. The summed E-state index contributed by atoms with van der Waals surface area (Å²) in [4.78, 5) is 0. The number of rotatable bonds is 6. The summed E-state index contributed by atoms with van der Waals surface area (Å²) in [7, 11) is -2.15. The zero-order chi connectivity index (χ0) is 17.8. The Labute approximate surface area is 148 Å². The van der Waals surface area contributed by atoms with Crippen molar-refractivity contribution in [3.05, 3.63) is 72.8 Å². The lowest BCUT2D eigenvalue weighted by Gasteiger charge is -2.45. The van der Waals surface area contributed by atoms with Crippen LogP contribution in [0.4, 0.5) is 0 Å². The molecule has 0 aliphatic carbocycles. The highest BCUT2D eigenvalue weighted by Gasteiger charge is 2.47. The molecule has 24 heavy (non-hydrogen) atoms. The molecule has 0 radical (unpaired) electrons. The van der Waals surface area contributed by atoms with Crippen LogP contribution in [0.5, 0.6) is 0 Å². The maximum Gasteiger partial charge on any atom is 0.127 e. The van der Waals surface area contributed by atoms with Crippen LogP contribution in [0, 0.1) is 0 Å². The van der Waals surface area contributed by atoms with Crippen molar-refractivity contribution in [2.45, 2.75) is 51.3 Å². The van der Waals surface area contributed by atoms with Gasteiger partial charge in [0.1, 0.15) is 8.07 Å². The second-order valence-corrected chi connectivity index (χ2v) is 12.5. The summed E-state index contributed by atoms with van der Waals surface area (Å²) >= 11 is 0. The van der Waals surface area contributed by atoms with Crippen molar-refractivity contribution in [1.29, 1.82) is 0 Å². The monoisotopic (exact) mass is 338 g/mol. The molecule has 1 nitrogen and oxygen atoms in total. The van der Waals surface area contributed by atoms with Gasteiger partial charge in [-0.3, -0.25) is 0 Å². The van der Waals surface area contributed by atoms with E-state index in [0.717, 1.165) is 18.0 Å². The van der Waals surface area contributed by atoms with Crippen LogP contribution in [0.3, 0.4) is 0 Å². The van der Waals surface area contributed by atoms with Crippen molar-refractivity contribution >= 4 is 18.4 Å². The lowest BCUT2D eigenvalue weighted by molar-refractivity contribution is 0.207. The van der Waals surface area contributed by atoms with E-state index < -0.39 is 14.2 Å². The normalized spacial score (nSPS) is 13.5. The van der Waals surface area contributed by atoms with E-state index >= 15 is 0 Å². The average Bonchev–Trinajstić information content (AvgIpc) is 2.59. The topological polar surface area (TPSA) is 20.2 Å².